The average molecular weight is 400 g/mol. The molecule has 0 saturated carbocycles. The summed E-state index contributed by atoms with van der Waals surface area (Å²) in [5.41, 5.74) is 2.51. The molecule has 2 heterocycles. The number of hydrogen-bond donors (Lipinski definition) is 1. The lowest BCUT2D eigenvalue weighted by atomic mass is 10.1. The number of nitrogens with zero attached hydrogens (tertiary/aromatic N) is 2. The van der Waals surface area contributed by atoms with E-state index in [9.17, 15) is 20.0 Å². The molecule has 0 radical (unpaired) electrons. The van der Waals surface area contributed by atoms with E-state index in [1.807, 2.05) is 13.0 Å². The molecular weight excluding hydrogens is 384 g/mol. The number of carbonyl (C=O) groups is 1. The van der Waals surface area contributed by atoms with Gasteiger partial charge in [0.2, 0.25) is 0 Å². The van der Waals surface area contributed by atoms with Gasteiger partial charge in [0, 0.05) is 11.5 Å². The predicted molar refractivity (Wildman–Crippen MR) is 113 cm³/mol. The van der Waals surface area contributed by atoms with E-state index in [4.69, 9.17) is 4.42 Å². The number of benzene rings is 2. The fourth-order valence-corrected chi connectivity index (χ4v) is 3.22. The van der Waals surface area contributed by atoms with Crippen molar-refractivity contribution in [2.24, 2.45) is 0 Å². The summed E-state index contributed by atoms with van der Waals surface area (Å²) in [5, 5.41) is 21.4. The summed E-state index contributed by atoms with van der Waals surface area (Å²) in [7, 11) is 0. The van der Waals surface area contributed by atoms with E-state index in [1.54, 1.807) is 54.6 Å². The number of rotatable bonds is 5. The van der Waals surface area contributed by atoms with E-state index in [0.29, 0.717) is 33.7 Å². The number of aryl methyl sites for hydroxylation is 1. The molecule has 4 rings (SSSR count). The summed E-state index contributed by atoms with van der Waals surface area (Å²) in [6.45, 7) is 1.89. The van der Waals surface area contributed by atoms with Gasteiger partial charge in [0.25, 0.3) is 5.69 Å². The van der Waals surface area contributed by atoms with Gasteiger partial charge in [0.1, 0.15) is 11.5 Å². The maximum atomic E-state index is 11.7. The van der Waals surface area contributed by atoms with Gasteiger partial charge in [-0.25, -0.2) is 9.78 Å². The maximum Gasteiger partial charge on any atom is 0.336 e. The van der Waals surface area contributed by atoms with Crippen molar-refractivity contribution in [1.82, 2.24) is 4.98 Å². The number of para-hydroxylation sites is 1. The molecule has 2 aromatic heterocycles. The van der Waals surface area contributed by atoms with E-state index >= 15 is 0 Å². The Hall–Kier alpha value is -4.26. The van der Waals surface area contributed by atoms with Gasteiger partial charge >= 0.3 is 5.97 Å². The van der Waals surface area contributed by atoms with E-state index in [0.717, 1.165) is 5.56 Å². The topological polar surface area (TPSA) is 106 Å². The molecule has 7 nitrogen and oxygen atoms in total. The van der Waals surface area contributed by atoms with Crippen LogP contribution in [-0.2, 0) is 0 Å². The van der Waals surface area contributed by atoms with Gasteiger partial charge in [-0.2, -0.15) is 0 Å². The molecule has 2 aromatic carbocycles. The van der Waals surface area contributed by atoms with Crippen LogP contribution in [0.5, 0.6) is 0 Å². The Morgan fingerprint density at radius 3 is 2.67 bits per heavy atom. The third kappa shape index (κ3) is 3.68. The minimum absolute atomic E-state index is 0.0417. The number of pyridine rings is 1. The lowest BCUT2D eigenvalue weighted by molar-refractivity contribution is -0.384. The largest absolute Gasteiger partial charge is 0.478 e. The molecule has 4 aromatic rings. The number of carboxylic acid groups (broad SMARTS) is 1. The predicted octanol–water partition coefficient (Wildman–Crippen LogP) is 5.58. The van der Waals surface area contributed by atoms with Gasteiger partial charge in [-0.1, -0.05) is 23.8 Å². The number of furan rings is 1. The Morgan fingerprint density at radius 1 is 1.10 bits per heavy atom. The highest BCUT2D eigenvalue weighted by atomic mass is 16.6. The quantitative estimate of drug-likeness (QED) is 0.346. The van der Waals surface area contributed by atoms with Crippen LogP contribution >= 0.6 is 0 Å². The third-order valence-electron chi connectivity index (χ3n) is 4.63. The van der Waals surface area contributed by atoms with Crippen LogP contribution in [0.25, 0.3) is 34.4 Å². The van der Waals surface area contributed by atoms with Gasteiger partial charge in [0.05, 0.1) is 27.3 Å². The highest BCUT2D eigenvalue weighted by Crippen LogP contribution is 2.31. The zero-order valence-corrected chi connectivity index (χ0v) is 15.9. The van der Waals surface area contributed by atoms with Crippen LogP contribution in [0.1, 0.15) is 27.4 Å². The van der Waals surface area contributed by atoms with Gasteiger partial charge in [0.15, 0.2) is 0 Å². The Kier molecular flexibility index (Phi) is 4.85. The molecule has 0 aliphatic rings. The van der Waals surface area contributed by atoms with Crippen LogP contribution in [0.3, 0.4) is 0 Å². The lowest BCUT2D eigenvalue weighted by Gasteiger charge is -2.05. The molecule has 0 unspecified atom stereocenters. The van der Waals surface area contributed by atoms with E-state index < -0.39 is 10.9 Å². The molecule has 1 N–H and O–H groups in total. The Morgan fingerprint density at radius 2 is 1.90 bits per heavy atom. The van der Waals surface area contributed by atoms with Crippen molar-refractivity contribution < 1.29 is 19.2 Å². The normalized spacial score (nSPS) is 11.2. The zero-order valence-electron chi connectivity index (χ0n) is 15.9. The fraction of sp³-hybridized carbons (Fsp3) is 0.0435. The third-order valence-corrected chi connectivity index (χ3v) is 4.63. The lowest BCUT2D eigenvalue weighted by Crippen LogP contribution is -2.00. The first-order valence-electron chi connectivity index (χ1n) is 9.09. The SMILES string of the molecule is Cc1ccc2nc(/C=C/c3ccc(-c4ccccc4[N+](=O)[O-])o3)cc(C(=O)O)c2c1. The van der Waals surface area contributed by atoms with Crippen LogP contribution < -0.4 is 0 Å². The molecule has 30 heavy (non-hydrogen) atoms. The first kappa shape index (κ1) is 19.1. The van der Waals surface area contributed by atoms with E-state index in [2.05, 4.69) is 4.98 Å². The van der Waals surface area contributed by atoms with Gasteiger partial charge in [-0.05, 0) is 55.5 Å². The zero-order chi connectivity index (χ0) is 21.3. The number of nitro benzene ring substituents is 1. The van der Waals surface area contributed by atoms with E-state index in [1.165, 1.54) is 12.1 Å². The van der Waals surface area contributed by atoms with Crippen LogP contribution in [0.4, 0.5) is 5.69 Å². The van der Waals surface area contributed by atoms with Crippen LogP contribution in [0.2, 0.25) is 0 Å². The van der Waals surface area contributed by atoms with Crippen molar-refractivity contribution in [3.63, 3.8) is 0 Å². The van der Waals surface area contributed by atoms with Crippen LogP contribution in [-0.4, -0.2) is 21.0 Å². The summed E-state index contributed by atoms with van der Waals surface area (Å²) in [4.78, 5) is 26.9. The average Bonchev–Trinajstić information content (AvgIpc) is 3.20. The second kappa shape index (κ2) is 7.63. The van der Waals surface area contributed by atoms with Crippen LogP contribution in [0.15, 0.2) is 65.1 Å². The second-order valence-corrected chi connectivity index (χ2v) is 6.73. The summed E-state index contributed by atoms with van der Waals surface area (Å²) >= 11 is 0. The number of fused-ring (bicyclic) bond motifs is 1. The maximum absolute atomic E-state index is 11.7. The first-order valence-corrected chi connectivity index (χ1v) is 9.09. The van der Waals surface area contributed by atoms with Crippen LogP contribution in [0, 0.1) is 17.0 Å². The first-order chi connectivity index (χ1) is 14.4. The number of aromatic carboxylic acids is 1. The number of nitro groups is 1. The molecule has 0 spiro atoms. The molecule has 0 atom stereocenters. The Balaban J connectivity index is 1.69. The molecule has 0 bridgehead atoms. The highest BCUT2D eigenvalue weighted by molar-refractivity contribution is 6.03. The summed E-state index contributed by atoms with van der Waals surface area (Å²) in [6, 6.07) is 16.6. The molecule has 7 heteroatoms. The van der Waals surface area contributed by atoms with Crippen molar-refractivity contribution in [3.05, 3.63) is 93.4 Å². The summed E-state index contributed by atoms with van der Waals surface area (Å²) in [6.07, 6.45) is 3.29. The van der Waals surface area contributed by atoms with Gasteiger partial charge in [-0.3, -0.25) is 10.1 Å². The molecule has 0 aliphatic heterocycles. The smallest absolute Gasteiger partial charge is 0.336 e. The fourth-order valence-electron chi connectivity index (χ4n) is 3.22. The monoisotopic (exact) mass is 400 g/mol. The standard InChI is InChI=1S/C23H16N2O5/c1-14-6-10-20-18(12-14)19(23(26)27)13-15(24-20)7-8-16-9-11-22(30-16)17-4-2-3-5-21(17)25(28)29/h2-13H,1H3,(H,26,27)/b8-7+. The number of hydrogen-bond acceptors (Lipinski definition) is 5. The molecule has 148 valence electrons. The Labute approximate surface area is 171 Å². The molecule has 0 fully saturated rings. The van der Waals surface area contributed by atoms with Gasteiger partial charge in [-0.15, -0.1) is 0 Å². The molecule has 0 amide bonds. The number of aromatic nitrogens is 1. The summed E-state index contributed by atoms with van der Waals surface area (Å²) < 4.78 is 5.73. The Bertz CT molecular complexity index is 1320. The highest BCUT2D eigenvalue weighted by Gasteiger charge is 2.17. The minimum Gasteiger partial charge on any atom is -0.478 e. The van der Waals surface area contributed by atoms with Crippen molar-refractivity contribution in [2.45, 2.75) is 6.92 Å². The summed E-state index contributed by atoms with van der Waals surface area (Å²) in [5.74, 6) is -0.194. The second-order valence-electron chi connectivity index (χ2n) is 6.73. The van der Waals surface area contributed by atoms with Crippen molar-refractivity contribution in [3.8, 4) is 11.3 Å². The van der Waals surface area contributed by atoms with Crippen molar-refractivity contribution in [2.75, 3.05) is 0 Å². The molecular formula is C23H16N2O5. The molecule has 0 saturated heterocycles. The van der Waals surface area contributed by atoms with E-state index in [-0.39, 0.29) is 11.3 Å². The minimum atomic E-state index is -1.03. The molecule has 0 aliphatic carbocycles. The van der Waals surface area contributed by atoms with Crippen molar-refractivity contribution >= 4 is 34.7 Å². The number of carboxylic acids is 1. The van der Waals surface area contributed by atoms with Crippen molar-refractivity contribution in [1.29, 1.82) is 0 Å². The van der Waals surface area contributed by atoms with Gasteiger partial charge < -0.3 is 9.52 Å².